The fourth-order valence-corrected chi connectivity index (χ4v) is 0.337. The number of halogens is 4. The van der Waals surface area contributed by atoms with E-state index in [2.05, 4.69) is 5.73 Å². The summed E-state index contributed by atoms with van der Waals surface area (Å²) in [6.45, 7) is 0. The fourth-order valence-electron chi connectivity index (χ4n) is 0.337. The maximum atomic E-state index is 11.3. The van der Waals surface area contributed by atoms with Crippen molar-refractivity contribution in [2.75, 3.05) is 0 Å². The summed E-state index contributed by atoms with van der Waals surface area (Å²) in [7, 11) is 0. The zero-order valence-corrected chi connectivity index (χ0v) is 6.08. The highest BCUT2D eigenvalue weighted by molar-refractivity contribution is 5.85. The summed E-state index contributed by atoms with van der Waals surface area (Å²) in [5.41, 5.74) is 4.58. The molecule has 0 radical (unpaired) electrons. The highest BCUT2D eigenvalue weighted by Gasteiger charge is 2.33. The summed E-state index contributed by atoms with van der Waals surface area (Å²) in [5, 5.41) is 7.92. The minimum absolute atomic E-state index is 0. The first-order valence-electron chi connectivity index (χ1n) is 2.38. The van der Waals surface area contributed by atoms with Gasteiger partial charge in [0.25, 0.3) is 0 Å². The number of nitrogens with two attached hydrogens (primary N) is 1. The van der Waals surface area contributed by atoms with Crippen molar-refractivity contribution in [2.45, 2.75) is 18.6 Å². The van der Waals surface area contributed by atoms with Gasteiger partial charge in [-0.3, -0.25) is 4.79 Å². The molecule has 0 aromatic heterocycles. The van der Waals surface area contributed by atoms with Crippen LogP contribution < -0.4 is 5.73 Å². The molecule has 0 bridgehead atoms. The van der Waals surface area contributed by atoms with E-state index in [4.69, 9.17) is 5.11 Å². The van der Waals surface area contributed by atoms with Crippen LogP contribution in [0.4, 0.5) is 13.2 Å². The lowest BCUT2D eigenvalue weighted by molar-refractivity contribution is -0.156. The van der Waals surface area contributed by atoms with Crippen molar-refractivity contribution in [2.24, 2.45) is 5.73 Å². The van der Waals surface area contributed by atoms with Gasteiger partial charge in [-0.2, -0.15) is 13.2 Å². The summed E-state index contributed by atoms with van der Waals surface area (Å²) in [5.74, 6) is -1.64. The Morgan fingerprint density at radius 3 is 2.00 bits per heavy atom. The molecule has 3 nitrogen and oxygen atoms in total. The van der Waals surface area contributed by atoms with Crippen LogP contribution in [-0.2, 0) is 4.79 Å². The third-order valence-electron chi connectivity index (χ3n) is 0.769. The predicted octanol–water partition coefficient (Wildman–Crippen LogP) is 0.773. The molecule has 0 amide bonds. The average molecular weight is 194 g/mol. The van der Waals surface area contributed by atoms with Gasteiger partial charge in [-0.1, -0.05) is 0 Å². The number of aliphatic carboxylic acids is 1. The van der Waals surface area contributed by atoms with Crippen molar-refractivity contribution in [3.63, 3.8) is 0 Å². The molecule has 0 aromatic rings. The van der Waals surface area contributed by atoms with Crippen LogP contribution in [0, 0.1) is 0 Å². The van der Waals surface area contributed by atoms with Crippen LogP contribution in [-0.4, -0.2) is 23.3 Å². The number of hydrogen-bond donors (Lipinski definition) is 2. The summed E-state index contributed by atoms with van der Waals surface area (Å²) in [4.78, 5) is 9.75. The zero-order chi connectivity index (χ0) is 8.36. The molecule has 0 rings (SSSR count). The second kappa shape index (κ2) is 4.40. The molecular formula is C4H7ClF3NO2. The van der Waals surface area contributed by atoms with E-state index in [1.54, 1.807) is 0 Å². The summed E-state index contributed by atoms with van der Waals surface area (Å²) < 4.78 is 34.0. The van der Waals surface area contributed by atoms with Crippen molar-refractivity contribution in [1.82, 2.24) is 0 Å². The Morgan fingerprint density at radius 2 is 1.91 bits per heavy atom. The third-order valence-corrected chi connectivity index (χ3v) is 0.769. The molecule has 0 aliphatic rings. The van der Waals surface area contributed by atoms with Gasteiger partial charge in [-0.25, -0.2) is 0 Å². The number of carbonyl (C=O) groups is 1. The molecule has 3 N–H and O–H groups in total. The average Bonchev–Trinajstić information content (AvgIpc) is 1.60. The SMILES string of the molecule is Cl.N[C@H](CC(F)(F)F)C(=O)O. The summed E-state index contributed by atoms with van der Waals surface area (Å²) in [6.07, 6.45) is -5.99. The molecule has 0 unspecified atom stereocenters. The minimum Gasteiger partial charge on any atom is -0.480 e. The van der Waals surface area contributed by atoms with Gasteiger partial charge in [0.1, 0.15) is 6.04 Å². The van der Waals surface area contributed by atoms with Gasteiger partial charge in [-0.05, 0) is 0 Å². The van der Waals surface area contributed by atoms with Crippen molar-refractivity contribution < 1.29 is 23.1 Å². The van der Waals surface area contributed by atoms with Crippen molar-refractivity contribution >= 4 is 18.4 Å². The molecule has 68 valence electrons. The molecule has 0 saturated carbocycles. The standard InChI is InChI=1S/C4H6F3NO2.ClH/c5-4(6,7)1-2(8)3(9)10;/h2H,1,8H2,(H,9,10);1H/t2-;/m1./s1. The van der Waals surface area contributed by atoms with Crippen LogP contribution in [0.25, 0.3) is 0 Å². The molecule has 0 fully saturated rings. The van der Waals surface area contributed by atoms with E-state index in [1.807, 2.05) is 0 Å². The van der Waals surface area contributed by atoms with Gasteiger partial charge in [0.15, 0.2) is 0 Å². The molecule has 0 spiro atoms. The number of rotatable bonds is 2. The second-order valence-electron chi connectivity index (χ2n) is 1.76. The first kappa shape index (κ1) is 13.1. The van der Waals surface area contributed by atoms with Crippen LogP contribution in [0.2, 0.25) is 0 Å². The third kappa shape index (κ3) is 7.41. The Morgan fingerprint density at radius 1 is 1.55 bits per heavy atom. The van der Waals surface area contributed by atoms with Crippen LogP contribution in [0.5, 0.6) is 0 Å². The van der Waals surface area contributed by atoms with Crippen LogP contribution in [0.3, 0.4) is 0 Å². The van der Waals surface area contributed by atoms with Gasteiger partial charge in [-0.15, -0.1) is 12.4 Å². The molecule has 0 aliphatic heterocycles. The number of hydrogen-bond acceptors (Lipinski definition) is 2. The zero-order valence-electron chi connectivity index (χ0n) is 5.26. The molecule has 0 aliphatic carbocycles. The molecule has 0 aromatic carbocycles. The lowest BCUT2D eigenvalue weighted by Gasteiger charge is -2.08. The lowest BCUT2D eigenvalue weighted by Crippen LogP contribution is -2.34. The highest BCUT2D eigenvalue weighted by atomic mass is 35.5. The van der Waals surface area contributed by atoms with Gasteiger partial charge in [0, 0.05) is 0 Å². The van der Waals surface area contributed by atoms with E-state index in [-0.39, 0.29) is 12.4 Å². The summed E-state index contributed by atoms with van der Waals surface area (Å²) in [6, 6.07) is -1.85. The van der Waals surface area contributed by atoms with E-state index in [0.29, 0.717) is 0 Å². The monoisotopic (exact) mass is 193 g/mol. The first-order chi connectivity index (χ1) is 4.33. The topological polar surface area (TPSA) is 63.3 Å². The molecular weight excluding hydrogens is 186 g/mol. The Hall–Kier alpha value is -0.490. The minimum atomic E-state index is -4.50. The number of alkyl halides is 3. The Labute approximate surface area is 66.8 Å². The summed E-state index contributed by atoms with van der Waals surface area (Å²) >= 11 is 0. The van der Waals surface area contributed by atoms with Gasteiger partial charge in [0.2, 0.25) is 0 Å². The van der Waals surface area contributed by atoms with E-state index in [0.717, 1.165) is 0 Å². The molecule has 7 heteroatoms. The maximum absolute atomic E-state index is 11.3. The smallest absolute Gasteiger partial charge is 0.391 e. The van der Waals surface area contributed by atoms with E-state index < -0.39 is 24.6 Å². The normalized spacial score (nSPS) is 13.5. The van der Waals surface area contributed by atoms with Crippen molar-refractivity contribution in [1.29, 1.82) is 0 Å². The molecule has 11 heavy (non-hydrogen) atoms. The molecule has 0 heterocycles. The van der Waals surface area contributed by atoms with Crippen molar-refractivity contribution in [3.05, 3.63) is 0 Å². The second-order valence-corrected chi connectivity index (χ2v) is 1.76. The number of carboxylic acid groups (broad SMARTS) is 1. The Bertz CT molecular complexity index is 138. The van der Waals surface area contributed by atoms with Crippen LogP contribution in [0.15, 0.2) is 0 Å². The number of carboxylic acids is 1. The first-order valence-corrected chi connectivity index (χ1v) is 2.38. The maximum Gasteiger partial charge on any atom is 0.391 e. The van der Waals surface area contributed by atoms with Gasteiger partial charge >= 0.3 is 12.1 Å². The largest absolute Gasteiger partial charge is 0.480 e. The lowest BCUT2D eigenvalue weighted by atomic mass is 10.2. The van der Waals surface area contributed by atoms with Crippen molar-refractivity contribution in [3.8, 4) is 0 Å². The predicted molar refractivity (Wildman–Crippen MR) is 33.5 cm³/mol. The quantitative estimate of drug-likeness (QED) is 0.681. The fraction of sp³-hybridized carbons (Fsp3) is 0.750. The van der Waals surface area contributed by atoms with Crippen LogP contribution in [0.1, 0.15) is 6.42 Å². The van der Waals surface area contributed by atoms with Crippen LogP contribution >= 0.6 is 12.4 Å². The Balaban J connectivity index is 0. The highest BCUT2D eigenvalue weighted by Crippen LogP contribution is 2.20. The van der Waals surface area contributed by atoms with Gasteiger partial charge < -0.3 is 10.8 Å². The van der Waals surface area contributed by atoms with E-state index in [1.165, 1.54) is 0 Å². The van der Waals surface area contributed by atoms with E-state index >= 15 is 0 Å². The van der Waals surface area contributed by atoms with Gasteiger partial charge in [0.05, 0.1) is 6.42 Å². The van der Waals surface area contributed by atoms with E-state index in [9.17, 15) is 18.0 Å². The molecule has 0 saturated heterocycles. The molecule has 1 atom stereocenters. The Kier molecular flexibility index (Phi) is 5.25.